The van der Waals surface area contributed by atoms with Gasteiger partial charge in [0, 0.05) is 6.21 Å². The number of rotatable bonds is 8. The molecule has 0 saturated carbocycles. The van der Waals surface area contributed by atoms with Gasteiger partial charge in [-0.2, -0.15) is 5.10 Å². The van der Waals surface area contributed by atoms with E-state index in [0.717, 1.165) is 0 Å². The van der Waals surface area contributed by atoms with Crippen LogP contribution in [0, 0.1) is 0 Å². The quantitative estimate of drug-likeness (QED) is 0.182. The maximum atomic E-state index is 11.2. The molecule has 0 aliphatic rings. The Morgan fingerprint density at radius 2 is 2.05 bits per heavy atom. The van der Waals surface area contributed by atoms with Crippen molar-refractivity contribution in [1.82, 2.24) is 5.43 Å². The van der Waals surface area contributed by atoms with Crippen molar-refractivity contribution in [3.05, 3.63) is 0 Å². The van der Waals surface area contributed by atoms with Gasteiger partial charge >= 0.3 is 11.9 Å². The van der Waals surface area contributed by atoms with Gasteiger partial charge in [0.05, 0.1) is 13.2 Å². The lowest BCUT2D eigenvalue weighted by Gasteiger charge is -2.03. The molecule has 0 aromatic heterocycles. The van der Waals surface area contributed by atoms with Crippen molar-refractivity contribution in [2.24, 2.45) is 5.10 Å². The smallest absolute Gasteiger partial charge is 0.317 e. The van der Waals surface area contributed by atoms with Crippen LogP contribution in [0.25, 0.3) is 0 Å². The molecular weight excluding hydrogens is 288 g/mol. The zero-order valence-electron chi connectivity index (χ0n) is 11.0. The number of hydrogen-bond acceptors (Lipinski definition) is 7. The van der Waals surface area contributed by atoms with Gasteiger partial charge in [0.2, 0.25) is 0 Å². The number of thiocarbonyl (C=S) groups is 1. The average Bonchev–Trinajstić information content (AvgIpc) is 2.37. The molecule has 19 heavy (non-hydrogen) atoms. The van der Waals surface area contributed by atoms with Crippen molar-refractivity contribution in [3.8, 4) is 0 Å². The summed E-state index contributed by atoms with van der Waals surface area (Å²) in [4.78, 5) is 22.1. The van der Waals surface area contributed by atoms with Gasteiger partial charge in [-0.3, -0.25) is 15.0 Å². The highest BCUT2D eigenvalue weighted by molar-refractivity contribution is 8.22. The largest absolute Gasteiger partial charge is 0.466 e. The van der Waals surface area contributed by atoms with Crippen LogP contribution in [-0.2, 0) is 19.1 Å². The minimum Gasteiger partial charge on any atom is -0.466 e. The van der Waals surface area contributed by atoms with Gasteiger partial charge in [-0.15, -0.1) is 0 Å². The zero-order valence-corrected chi connectivity index (χ0v) is 12.6. The maximum absolute atomic E-state index is 11.2. The van der Waals surface area contributed by atoms with E-state index in [0.29, 0.717) is 17.2 Å². The van der Waals surface area contributed by atoms with E-state index in [1.807, 2.05) is 6.26 Å². The lowest BCUT2D eigenvalue weighted by atomic mass is 10.3. The van der Waals surface area contributed by atoms with Crippen LogP contribution in [-0.4, -0.2) is 41.9 Å². The standard InChI is InChI=1S/C11H18N2O4S2/c1-3-16-9(14)8-10(15)17-7-5-4-6-12-13-11(18)19-2/h6H,3-5,7-8H2,1-2H3,(H,13,18)/b12-6+. The second-order valence-electron chi connectivity index (χ2n) is 3.26. The highest BCUT2D eigenvalue weighted by atomic mass is 32.2. The molecule has 108 valence electrons. The van der Waals surface area contributed by atoms with Gasteiger partial charge in [-0.25, -0.2) is 0 Å². The van der Waals surface area contributed by atoms with Gasteiger partial charge in [-0.05, 0) is 26.0 Å². The van der Waals surface area contributed by atoms with E-state index in [2.05, 4.69) is 15.3 Å². The van der Waals surface area contributed by atoms with Crippen molar-refractivity contribution in [3.63, 3.8) is 0 Å². The summed E-state index contributed by atoms with van der Waals surface area (Å²) in [5.74, 6) is -1.14. The molecule has 0 heterocycles. The van der Waals surface area contributed by atoms with Crippen LogP contribution in [0.2, 0.25) is 0 Å². The number of unbranched alkanes of at least 4 members (excludes halogenated alkanes) is 1. The fraction of sp³-hybridized carbons (Fsp3) is 0.636. The minimum absolute atomic E-state index is 0.247. The first-order valence-corrected chi connectivity index (χ1v) is 7.40. The molecule has 0 aromatic rings. The van der Waals surface area contributed by atoms with Crippen molar-refractivity contribution in [2.45, 2.75) is 26.2 Å². The first kappa shape index (κ1) is 17.8. The van der Waals surface area contributed by atoms with Crippen LogP contribution >= 0.6 is 24.0 Å². The molecular formula is C11H18N2O4S2. The number of esters is 2. The number of thioether (sulfide) groups is 1. The fourth-order valence-corrected chi connectivity index (χ4v) is 1.15. The molecule has 0 amide bonds. The lowest BCUT2D eigenvalue weighted by molar-refractivity contribution is -0.154. The highest BCUT2D eigenvalue weighted by Crippen LogP contribution is 1.95. The summed E-state index contributed by atoms with van der Waals surface area (Å²) in [7, 11) is 0. The second-order valence-corrected chi connectivity index (χ2v) is 4.74. The number of hydrazone groups is 1. The zero-order chi connectivity index (χ0) is 14.5. The summed E-state index contributed by atoms with van der Waals surface area (Å²) in [5.41, 5.74) is 2.67. The molecule has 0 atom stereocenters. The molecule has 0 bridgehead atoms. The molecule has 0 unspecified atom stereocenters. The van der Waals surface area contributed by atoms with E-state index in [1.54, 1.807) is 13.1 Å². The Balaban J connectivity index is 3.51. The second kappa shape index (κ2) is 11.9. The third kappa shape index (κ3) is 11.7. The Hall–Kier alpha value is -1.15. The van der Waals surface area contributed by atoms with Crippen molar-refractivity contribution < 1.29 is 19.1 Å². The molecule has 0 fully saturated rings. The Kier molecular flexibility index (Phi) is 11.2. The SMILES string of the molecule is CCOC(=O)CC(=O)OCCC/C=N/NC(=S)SC. The van der Waals surface area contributed by atoms with E-state index in [9.17, 15) is 9.59 Å². The van der Waals surface area contributed by atoms with E-state index >= 15 is 0 Å². The van der Waals surface area contributed by atoms with Gasteiger partial charge in [-0.1, -0.05) is 24.0 Å². The predicted octanol–water partition coefficient (Wildman–Crippen LogP) is 1.49. The van der Waals surface area contributed by atoms with Gasteiger partial charge < -0.3 is 9.47 Å². The summed E-state index contributed by atoms with van der Waals surface area (Å²) < 4.78 is 10.1. The van der Waals surface area contributed by atoms with Crippen LogP contribution < -0.4 is 5.43 Å². The molecule has 0 aliphatic carbocycles. The van der Waals surface area contributed by atoms with Crippen molar-refractivity contribution >= 4 is 46.5 Å². The first-order valence-electron chi connectivity index (χ1n) is 5.76. The Morgan fingerprint density at radius 1 is 1.37 bits per heavy atom. The Labute approximate surface area is 122 Å². The molecule has 6 nitrogen and oxygen atoms in total. The van der Waals surface area contributed by atoms with Gasteiger partial charge in [0.1, 0.15) is 6.42 Å². The Bertz CT molecular complexity index is 335. The predicted molar refractivity (Wildman–Crippen MR) is 79.2 cm³/mol. The topological polar surface area (TPSA) is 77.0 Å². The molecule has 0 saturated heterocycles. The summed E-state index contributed by atoms with van der Waals surface area (Å²) in [6, 6.07) is 0. The van der Waals surface area contributed by atoms with Crippen LogP contribution in [0.1, 0.15) is 26.2 Å². The number of ether oxygens (including phenoxy) is 2. The van der Waals surface area contributed by atoms with Crippen molar-refractivity contribution in [2.75, 3.05) is 19.5 Å². The number of nitrogens with zero attached hydrogens (tertiary/aromatic N) is 1. The van der Waals surface area contributed by atoms with Crippen LogP contribution in [0.15, 0.2) is 5.10 Å². The van der Waals surface area contributed by atoms with Gasteiger partial charge in [0.15, 0.2) is 4.32 Å². The van der Waals surface area contributed by atoms with Crippen LogP contribution in [0.3, 0.4) is 0 Å². The summed E-state index contributed by atoms with van der Waals surface area (Å²) in [5, 5.41) is 3.88. The molecule has 0 spiro atoms. The van der Waals surface area contributed by atoms with Crippen LogP contribution in [0.5, 0.6) is 0 Å². The van der Waals surface area contributed by atoms with E-state index in [1.165, 1.54) is 11.8 Å². The Morgan fingerprint density at radius 3 is 2.68 bits per heavy atom. The molecule has 1 N–H and O–H groups in total. The third-order valence-electron chi connectivity index (χ3n) is 1.77. The third-order valence-corrected chi connectivity index (χ3v) is 2.82. The number of carbonyl (C=O) groups excluding carboxylic acids is 2. The van der Waals surface area contributed by atoms with E-state index < -0.39 is 11.9 Å². The normalized spacial score (nSPS) is 10.2. The summed E-state index contributed by atoms with van der Waals surface area (Å²) in [6.07, 6.45) is 4.45. The molecule has 0 radical (unpaired) electrons. The molecule has 0 aliphatic heterocycles. The van der Waals surface area contributed by atoms with Crippen LogP contribution in [0.4, 0.5) is 0 Å². The molecule has 8 heteroatoms. The summed E-state index contributed by atoms with van der Waals surface area (Å²) >= 11 is 6.28. The molecule has 0 rings (SSSR count). The molecule has 0 aromatic carbocycles. The maximum Gasteiger partial charge on any atom is 0.317 e. The van der Waals surface area contributed by atoms with Gasteiger partial charge in [0.25, 0.3) is 0 Å². The first-order chi connectivity index (χ1) is 9.10. The number of carbonyl (C=O) groups is 2. The average molecular weight is 306 g/mol. The lowest BCUT2D eigenvalue weighted by Crippen LogP contribution is -2.14. The van der Waals surface area contributed by atoms with E-state index in [-0.39, 0.29) is 19.6 Å². The number of hydrogen-bond donors (Lipinski definition) is 1. The summed E-state index contributed by atoms with van der Waals surface area (Å²) in [6.45, 7) is 2.18. The highest BCUT2D eigenvalue weighted by Gasteiger charge is 2.10. The fourth-order valence-electron chi connectivity index (χ4n) is 0.950. The minimum atomic E-state index is -0.572. The monoisotopic (exact) mass is 306 g/mol. The number of nitrogens with one attached hydrogen (secondary N) is 1. The van der Waals surface area contributed by atoms with Crippen molar-refractivity contribution in [1.29, 1.82) is 0 Å². The van der Waals surface area contributed by atoms with E-state index in [4.69, 9.17) is 17.0 Å².